The van der Waals surface area contributed by atoms with E-state index in [9.17, 15) is 69.6 Å². The zero-order valence-electron chi connectivity index (χ0n) is 19.3. The van der Waals surface area contributed by atoms with E-state index in [2.05, 4.69) is 16.1 Å². The third kappa shape index (κ3) is 7.79. The van der Waals surface area contributed by atoms with Crippen molar-refractivity contribution in [2.24, 2.45) is 0 Å². The monoisotopic (exact) mass is 652 g/mol. The third-order valence-electron chi connectivity index (χ3n) is 4.07. The van der Waals surface area contributed by atoms with E-state index in [4.69, 9.17) is 0 Å². The van der Waals surface area contributed by atoms with Crippen molar-refractivity contribution in [2.45, 2.75) is 35.3 Å². The zero-order valence-corrected chi connectivity index (χ0v) is 23.7. The number of hydrogen-bond donors (Lipinski definition) is 1. The molecule has 1 amide bonds. The molecular weight excluding hydrogens is 638 g/mol. The van der Waals surface area contributed by atoms with Crippen LogP contribution in [-0.2, 0) is 41.4 Å². The third-order valence-corrected chi connectivity index (χ3v) is 8.43. The minimum absolute atomic E-state index is 0. The summed E-state index contributed by atoms with van der Waals surface area (Å²) in [6.07, 6.45) is 0.0503. The van der Waals surface area contributed by atoms with Crippen molar-refractivity contribution in [3.63, 3.8) is 0 Å². The van der Waals surface area contributed by atoms with E-state index in [1.165, 1.54) is 6.92 Å². The molecule has 1 N–H and O–H groups in total. The van der Waals surface area contributed by atoms with Gasteiger partial charge in [0.15, 0.2) is 20.0 Å². The number of rotatable bonds is 12. The zero-order chi connectivity index (χ0) is 30.2. The molecule has 0 saturated heterocycles. The van der Waals surface area contributed by atoms with Crippen LogP contribution in [0.15, 0.2) is 36.4 Å². The van der Waals surface area contributed by atoms with E-state index in [-0.39, 0.29) is 53.7 Å². The first-order chi connectivity index (χ1) is 16.7. The van der Waals surface area contributed by atoms with Crippen LogP contribution < -0.4 is 39.1 Å². The number of hydrogen-bond acceptors (Lipinski definition) is 8. The van der Waals surface area contributed by atoms with Crippen LogP contribution >= 0.6 is 0 Å². The number of nitrogens with zero attached hydrogens (tertiary/aromatic N) is 1. The summed E-state index contributed by atoms with van der Waals surface area (Å²) in [6.45, 7) is 4.75. The fraction of sp³-hybridized carbons (Fsp3) is 0.438. The molecule has 23 heteroatoms. The molecule has 1 aromatic carbocycles. The number of sulfonamides is 2. The van der Waals surface area contributed by atoms with Gasteiger partial charge in [0.2, 0.25) is 5.91 Å². The average Bonchev–Trinajstić information content (AvgIpc) is 2.72. The number of halogens is 9. The molecule has 0 saturated carbocycles. The maximum absolute atomic E-state index is 14.1. The fourth-order valence-corrected chi connectivity index (χ4v) is 5.24. The molecule has 10 nitrogen and oxygen atoms in total. The van der Waals surface area contributed by atoms with Crippen molar-refractivity contribution >= 4 is 36.1 Å². The van der Waals surface area contributed by atoms with E-state index >= 15 is 0 Å². The predicted octanol–water partition coefficient (Wildman–Crippen LogP) is 0.00800. The van der Waals surface area contributed by atoms with Crippen LogP contribution in [0.3, 0.4) is 0 Å². The molecule has 0 aromatic heterocycles. The summed E-state index contributed by atoms with van der Waals surface area (Å²) < 4.78 is 192. The van der Waals surface area contributed by atoms with Gasteiger partial charge in [-0.05, 0) is 31.0 Å². The smallest absolute Gasteiger partial charge is 0.423 e. The molecular formula is C16H14F9N2NaO8S3. The minimum atomic E-state index is -8.00. The molecule has 218 valence electrons. The first kappa shape index (κ1) is 37.4. The first-order valence-electron chi connectivity index (χ1n) is 9.14. The average molecular weight is 652 g/mol. The first-order valence-corrected chi connectivity index (χ1v) is 13.4. The molecule has 39 heavy (non-hydrogen) atoms. The molecule has 0 aliphatic heterocycles. The van der Waals surface area contributed by atoms with Crippen molar-refractivity contribution in [3.8, 4) is 5.75 Å². The molecule has 0 aliphatic rings. The van der Waals surface area contributed by atoms with Gasteiger partial charge in [-0.1, -0.05) is 18.7 Å². The Morgan fingerprint density at radius 1 is 0.872 bits per heavy atom. The van der Waals surface area contributed by atoms with Gasteiger partial charge in [-0.3, -0.25) is 4.79 Å². The molecule has 1 rings (SSSR count). The second-order valence-corrected chi connectivity index (χ2v) is 12.1. The Hall–Kier alpha value is -1.59. The van der Waals surface area contributed by atoms with Crippen LogP contribution in [0.25, 0.3) is 4.13 Å². The standard InChI is InChI=1S/C16H14F9N2O8S3.Na/c1-9(2)12(28)26-8-7-10-3-5-11(6-4-10)35-38(33,34)15(21,22)13(17,18)14(19,20)36(29,30)27-37(31,32)16(23,24)25;/h3-6H,1,7-8H2,2H3,(H,26,28);/q-1;+1. The SMILES string of the molecule is C=C(C)C(=O)NCCc1ccc(OS(=O)(=O)C(F)(F)C(F)(F)C(F)(F)S(=O)(=O)[N-]S(=O)(=O)C(F)(F)F)cc1.[Na+]. The Labute approximate surface area is 237 Å². The summed E-state index contributed by atoms with van der Waals surface area (Å²) >= 11 is 0. The molecule has 0 atom stereocenters. The Morgan fingerprint density at radius 3 is 1.74 bits per heavy atom. The quantitative estimate of drug-likeness (QED) is 0.143. The van der Waals surface area contributed by atoms with Gasteiger partial charge >= 0.3 is 61.6 Å². The maximum Gasteiger partial charge on any atom is 1.00 e. The molecule has 0 bridgehead atoms. The summed E-state index contributed by atoms with van der Waals surface area (Å²) in [6, 6.07) is 3.08. The van der Waals surface area contributed by atoms with Crippen molar-refractivity contribution in [1.82, 2.24) is 5.32 Å². The van der Waals surface area contributed by atoms with Crippen LogP contribution in [0.1, 0.15) is 12.5 Å². The largest absolute Gasteiger partial charge is 1.00 e. The Morgan fingerprint density at radius 2 is 1.33 bits per heavy atom. The number of alkyl halides is 9. The Bertz CT molecular complexity index is 1400. The van der Waals surface area contributed by atoms with Crippen LogP contribution in [0, 0.1) is 0 Å². The van der Waals surface area contributed by atoms with Crippen molar-refractivity contribution < 1.29 is 103 Å². The summed E-state index contributed by atoms with van der Waals surface area (Å²) in [7, 11) is -22.7. The summed E-state index contributed by atoms with van der Waals surface area (Å²) in [5.41, 5.74) is -6.30. The van der Waals surface area contributed by atoms with Crippen LogP contribution in [-0.4, -0.2) is 59.6 Å². The second kappa shape index (κ2) is 12.1. The molecule has 0 fully saturated rings. The summed E-state index contributed by atoms with van der Waals surface area (Å²) in [4.78, 5) is 11.4. The molecule has 0 unspecified atom stereocenters. The Balaban J connectivity index is 0.0000144. The minimum Gasteiger partial charge on any atom is -0.423 e. The van der Waals surface area contributed by atoms with Gasteiger partial charge in [-0.15, -0.1) is 0 Å². The van der Waals surface area contributed by atoms with E-state index < -0.39 is 63.8 Å². The Kier molecular flexibility index (Phi) is 11.6. The maximum atomic E-state index is 14.1. The fourth-order valence-electron chi connectivity index (χ4n) is 2.07. The number of nitrogens with one attached hydrogen (secondary N) is 1. The number of carbonyl (C=O) groups is 1. The second-order valence-electron chi connectivity index (χ2n) is 7.05. The van der Waals surface area contributed by atoms with Gasteiger partial charge in [0.25, 0.3) is 0 Å². The number of carbonyl (C=O) groups excluding carboxylic acids is 1. The molecule has 1 aromatic rings. The van der Waals surface area contributed by atoms with E-state index in [0.29, 0.717) is 16.3 Å². The molecule has 0 radical (unpaired) electrons. The number of benzene rings is 1. The predicted molar refractivity (Wildman–Crippen MR) is 110 cm³/mol. The van der Waals surface area contributed by atoms with Gasteiger partial charge in [0, 0.05) is 12.1 Å². The van der Waals surface area contributed by atoms with Gasteiger partial charge in [0.05, 0.1) is 0 Å². The van der Waals surface area contributed by atoms with E-state index in [0.717, 1.165) is 12.1 Å². The van der Waals surface area contributed by atoms with Crippen molar-refractivity contribution in [2.75, 3.05) is 6.54 Å². The topological polar surface area (TPSA) is 155 Å². The molecule has 0 spiro atoms. The molecule has 0 aliphatic carbocycles. The van der Waals surface area contributed by atoms with Crippen LogP contribution in [0.4, 0.5) is 39.5 Å². The van der Waals surface area contributed by atoms with Gasteiger partial charge in [-0.2, -0.15) is 47.9 Å². The van der Waals surface area contributed by atoms with Crippen LogP contribution in [0.5, 0.6) is 5.75 Å². The normalized spacial score (nSPS) is 13.8. The van der Waals surface area contributed by atoms with Crippen molar-refractivity contribution in [3.05, 3.63) is 46.1 Å². The number of amides is 1. The molecule has 0 heterocycles. The van der Waals surface area contributed by atoms with E-state index in [1.807, 2.05) is 0 Å². The van der Waals surface area contributed by atoms with Gasteiger partial charge in [-0.25, -0.2) is 16.8 Å². The summed E-state index contributed by atoms with van der Waals surface area (Å²) in [5, 5.41) is -12.3. The van der Waals surface area contributed by atoms with Crippen molar-refractivity contribution in [1.29, 1.82) is 0 Å². The van der Waals surface area contributed by atoms with Crippen LogP contribution in [0.2, 0.25) is 0 Å². The van der Waals surface area contributed by atoms with Gasteiger partial charge in [0.1, 0.15) is 5.75 Å². The van der Waals surface area contributed by atoms with Gasteiger partial charge < -0.3 is 13.6 Å². The van der Waals surface area contributed by atoms with E-state index in [1.54, 1.807) is 0 Å². The summed E-state index contributed by atoms with van der Waals surface area (Å²) in [5.74, 6) is -9.34.